The van der Waals surface area contributed by atoms with Gasteiger partial charge < -0.3 is 10.2 Å². The molecule has 0 spiro atoms. The maximum absolute atomic E-state index is 12.2. The molecule has 108 valence electrons. The van der Waals surface area contributed by atoms with Gasteiger partial charge in [-0.05, 0) is 31.7 Å². The van der Waals surface area contributed by atoms with E-state index in [-0.39, 0.29) is 0 Å². The summed E-state index contributed by atoms with van der Waals surface area (Å²) in [6.07, 6.45) is 7.70. The van der Waals surface area contributed by atoms with Crippen LogP contribution in [-0.2, 0) is 4.79 Å². The largest absolute Gasteiger partial charge is 0.340 e. The Morgan fingerprint density at radius 1 is 1.05 bits per heavy atom. The smallest absolute Gasteiger partial charge is 0.223 e. The molecule has 2 atom stereocenters. The second kappa shape index (κ2) is 6.23. The molecule has 4 nitrogen and oxygen atoms in total. The zero-order valence-electron chi connectivity index (χ0n) is 11.9. The number of carbonyl (C=O) groups is 1. The molecular formula is C15H27N3O. The minimum absolute atomic E-state index is 0.362. The molecule has 0 aromatic heterocycles. The lowest BCUT2D eigenvalue weighted by Crippen LogP contribution is -2.47. The zero-order chi connectivity index (χ0) is 13.1. The van der Waals surface area contributed by atoms with Crippen LogP contribution in [0.3, 0.4) is 0 Å². The van der Waals surface area contributed by atoms with Crippen LogP contribution in [0, 0.1) is 5.92 Å². The number of carbonyl (C=O) groups excluding carboxylic acids is 1. The van der Waals surface area contributed by atoms with E-state index in [1.54, 1.807) is 0 Å². The van der Waals surface area contributed by atoms with Crippen LogP contribution in [0.5, 0.6) is 0 Å². The second-order valence-corrected chi connectivity index (χ2v) is 6.32. The van der Waals surface area contributed by atoms with Crippen LogP contribution in [-0.4, -0.2) is 61.0 Å². The molecule has 1 saturated carbocycles. The normalized spacial score (nSPS) is 32.3. The summed E-state index contributed by atoms with van der Waals surface area (Å²) in [5.41, 5.74) is 0. The van der Waals surface area contributed by atoms with Crippen molar-refractivity contribution in [2.45, 2.75) is 44.6 Å². The summed E-state index contributed by atoms with van der Waals surface area (Å²) in [6, 6.07) is 0.796. The first kappa shape index (κ1) is 13.4. The lowest BCUT2D eigenvalue weighted by molar-refractivity contribution is -0.132. The topological polar surface area (TPSA) is 35.6 Å². The van der Waals surface area contributed by atoms with Gasteiger partial charge in [0.25, 0.3) is 0 Å². The van der Waals surface area contributed by atoms with E-state index >= 15 is 0 Å². The molecule has 2 heterocycles. The molecule has 0 aromatic rings. The number of fused-ring (bicyclic) bond motifs is 1. The minimum Gasteiger partial charge on any atom is -0.340 e. The van der Waals surface area contributed by atoms with Crippen molar-refractivity contribution < 1.29 is 4.79 Å². The number of hydrogen-bond donors (Lipinski definition) is 1. The molecule has 2 saturated heterocycles. The Labute approximate surface area is 116 Å². The fourth-order valence-corrected chi connectivity index (χ4v) is 4.09. The van der Waals surface area contributed by atoms with Crippen molar-refractivity contribution in [2.75, 3.05) is 39.3 Å². The number of piperazine rings is 1. The van der Waals surface area contributed by atoms with Gasteiger partial charge in [-0.25, -0.2) is 0 Å². The van der Waals surface area contributed by atoms with Crippen LogP contribution in [0.25, 0.3) is 0 Å². The third-order valence-electron chi connectivity index (χ3n) is 5.21. The van der Waals surface area contributed by atoms with Crippen molar-refractivity contribution in [3.05, 3.63) is 0 Å². The van der Waals surface area contributed by atoms with Gasteiger partial charge in [-0.3, -0.25) is 9.69 Å². The van der Waals surface area contributed by atoms with E-state index in [9.17, 15) is 4.79 Å². The van der Waals surface area contributed by atoms with Crippen LogP contribution in [0.15, 0.2) is 0 Å². The van der Waals surface area contributed by atoms with Gasteiger partial charge in [0.1, 0.15) is 0 Å². The van der Waals surface area contributed by atoms with E-state index in [1.165, 1.54) is 38.6 Å². The highest BCUT2D eigenvalue weighted by molar-refractivity contribution is 5.76. The predicted octanol–water partition coefficient (Wildman–Crippen LogP) is 1.07. The second-order valence-electron chi connectivity index (χ2n) is 6.32. The van der Waals surface area contributed by atoms with Gasteiger partial charge >= 0.3 is 0 Å². The van der Waals surface area contributed by atoms with Gasteiger partial charge in [-0.15, -0.1) is 0 Å². The maximum atomic E-state index is 12.2. The summed E-state index contributed by atoms with van der Waals surface area (Å²) < 4.78 is 0. The van der Waals surface area contributed by atoms with Crippen LogP contribution in [0.2, 0.25) is 0 Å². The van der Waals surface area contributed by atoms with Gasteiger partial charge in [0, 0.05) is 45.2 Å². The standard InChI is InChI=1S/C15H27N3O/c19-15(18-11-7-16-8-12-18)6-10-17-9-5-13-3-1-2-4-14(13)17/h13-14,16H,1-12H2. The van der Waals surface area contributed by atoms with Crippen molar-refractivity contribution in [2.24, 2.45) is 5.92 Å². The third kappa shape index (κ3) is 3.11. The SMILES string of the molecule is O=C(CCN1CCC2CCCCC21)N1CCNCC1. The molecule has 0 radical (unpaired) electrons. The summed E-state index contributed by atoms with van der Waals surface area (Å²) in [5.74, 6) is 1.30. The average Bonchev–Trinajstić information content (AvgIpc) is 2.89. The van der Waals surface area contributed by atoms with Crippen LogP contribution in [0.1, 0.15) is 38.5 Å². The van der Waals surface area contributed by atoms with Crippen LogP contribution >= 0.6 is 0 Å². The van der Waals surface area contributed by atoms with Gasteiger partial charge in [0.15, 0.2) is 0 Å². The van der Waals surface area contributed by atoms with E-state index in [0.29, 0.717) is 5.91 Å². The Morgan fingerprint density at radius 3 is 2.68 bits per heavy atom. The van der Waals surface area contributed by atoms with E-state index in [1.807, 2.05) is 4.90 Å². The van der Waals surface area contributed by atoms with Gasteiger partial charge in [-0.1, -0.05) is 12.8 Å². The molecule has 1 N–H and O–H groups in total. The van der Waals surface area contributed by atoms with Gasteiger partial charge in [-0.2, -0.15) is 0 Å². The Bertz CT molecular complexity index is 315. The summed E-state index contributed by atoms with van der Waals surface area (Å²) >= 11 is 0. The van der Waals surface area contributed by atoms with Gasteiger partial charge in [0.2, 0.25) is 5.91 Å². The molecule has 3 fully saturated rings. The first-order chi connectivity index (χ1) is 9.34. The first-order valence-electron chi connectivity index (χ1n) is 8.07. The van der Waals surface area contributed by atoms with Crippen molar-refractivity contribution in [1.82, 2.24) is 15.1 Å². The van der Waals surface area contributed by atoms with E-state index in [0.717, 1.165) is 51.1 Å². The molecule has 1 aliphatic carbocycles. The predicted molar refractivity (Wildman–Crippen MR) is 76.0 cm³/mol. The molecule has 2 aliphatic heterocycles. The maximum Gasteiger partial charge on any atom is 0.223 e. The Hall–Kier alpha value is -0.610. The quantitative estimate of drug-likeness (QED) is 0.829. The number of hydrogen-bond acceptors (Lipinski definition) is 3. The highest BCUT2D eigenvalue weighted by atomic mass is 16.2. The highest BCUT2D eigenvalue weighted by Gasteiger charge is 2.35. The molecule has 3 rings (SSSR count). The first-order valence-corrected chi connectivity index (χ1v) is 8.07. The number of amides is 1. The fraction of sp³-hybridized carbons (Fsp3) is 0.933. The lowest BCUT2D eigenvalue weighted by Gasteiger charge is -2.32. The number of likely N-dealkylation sites (tertiary alicyclic amines) is 1. The Balaban J connectivity index is 1.45. The molecule has 3 aliphatic rings. The summed E-state index contributed by atoms with van der Waals surface area (Å²) in [7, 11) is 0. The number of nitrogens with zero attached hydrogens (tertiary/aromatic N) is 2. The molecule has 4 heteroatoms. The van der Waals surface area contributed by atoms with Crippen LogP contribution < -0.4 is 5.32 Å². The minimum atomic E-state index is 0.362. The Morgan fingerprint density at radius 2 is 1.84 bits per heavy atom. The molecule has 1 amide bonds. The summed E-state index contributed by atoms with van der Waals surface area (Å²) in [6.45, 7) is 5.92. The third-order valence-corrected chi connectivity index (χ3v) is 5.21. The highest BCUT2D eigenvalue weighted by Crippen LogP contribution is 2.35. The molecule has 0 bridgehead atoms. The number of nitrogens with one attached hydrogen (secondary N) is 1. The van der Waals surface area contributed by atoms with Crippen molar-refractivity contribution in [3.63, 3.8) is 0 Å². The van der Waals surface area contributed by atoms with Crippen molar-refractivity contribution in [3.8, 4) is 0 Å². The van der Waals surface area contributed by atoms with Gasteiger partial charge in [0.05, 0.1) is 0 Å². The van der Waals surface area contributed by atoms with Crippen molar-refractivity contribution >= 4 is 5.91 Å². The summed E-state index contributed by atoms with van der Waals surface area (Å²) in [4.78, 5) is 16.8. The van der Waals surface area contributed by atoms with E-state index in [4.69, 9.17) is 0 Å². The van der Waals surface area contributed by atoms with E-state index in [2.05, 4.69) is 10.2 Å². The van der Waals surface area contributed by atoms with Crippen molar-refractivity contribution in [1.29, 1.82) is 0 Å². The van der Waals surface area contributed by atoms with Crippen LogP contribution in [0.4, 0.5) is 0 Å². The molecular weight excluding hydrogens is 238 g/mol. The zero-order valence-corrected chi connectivity index (χ0v) is 11.9. The number of rotatable bonds is 3. The molecule has 19 heavy (non-hydrogen) atoms. The van der Waals surface area contributed by atoms with E-state index < -0.39 is 0 Å². The summed E-state index contributed by atoms with van der Waals surface area (Å²) in [5, 5.41) is 3.30. The Kier molecular flexibility index (Phi) is 4.38. The molecule has 2 unspecified atom stereocenters. The molecule has 0 aromatic carbocycles. The average molecular weight is 265 g/mol. The lowest BCUT2D eigenvalue weighted by atomic mass is 9.85. The fourth-order valence-electron chi connectivity index (χ4n) is 4.09. The monoisotopic (exact) mass is 265 g/mol.